The van der Waals surface area contributed by atoms with Gasteiger partial charge in [0.05, 0.1) is 12.3 Å². The van der Waals surface area contributed by atoms with Gasteiger partial charge in [-0.15, -0.1) is 0 Å². The number of carbonyl (C=O) groups excluding carboxylic acids is 2. The van der Waals surface area contributed by atoms with E-state index < -0.39 is 11.6 Å². The van der Waals surface area contributed by atoms with Gasteiger partial charge in [0.1, 0.15) is 0 Å². The van der Waals surface area contributed by atoms with Gasteiger partial charge < -0.3 is 4.57 Å². The molecule has 0 spiro atoms. The van der Waals surface area contributed by atoms with Crippen molar-refractivity contribution in [3.05, 3.63) is 71.4 Å². The predicted octanol–water partition coefficient (Wildman–Crippen LogP) is 4.16. The highest BCUT2D eigenvalue weighted by Gasteiger charge is 2.30. The Labute approximate surface area is 152 Å². The molecular formula is C19H14F2N2O2S. The van der Waals surface area contributed by atoms with Crippen LogP contribution in [0.4, 0.5) is 13.6 Å². The summed E-state index contributed by atoms with van der Waals surface area (Å²) in [6.07, 6.45) is 1.86. The summed E-state index contributed by atoms with van der Waals surface area (Å²) in [5, 5.41) is 0.695. The van der Waals surface area contributed by atoms with Crippen molar-refractivity contribution in [2.75, 3.05) is 5.75 Å². The first-order valence-electron chi connectivity index (χ1n) is 8.01. The molecule has 2 heterocycles. The summed E-state index contributed by atoms with van der Waals surface area (Å²) in [7, 11) is 0. The fourth-order valence-electron chi connectivity index (χ4n) is 3.10. The van der Waals surface area contributed by atoms with Gasteiger partial charge in [-0.05, 0) is 35.4 Å². The molecule has 132 valence electrons. The average Bonchev–Trinajstić information content (AvgIpc) is 3.17. The smallest absolute Gasteiger partial charge is 0.289 e. The number of aromatic nitrogens is 1. The van der Waals surface area contributed by atoms with Crippen LogP contribution in [0.1, 0.15) is 11.1 Å². The molecule has 2 aromatic carbocycles. The van der Waals surface area contributed by atoms with Crippen molar-refractivity contribution in [1.29, 1.82) is 0 Å². The topological polar surface area (TPSA) is 42.3 Å². The first-order valence-corrected chi connectivity index (χ1v) is 8.99. The third-order valence-electron chi connectivity index (χ3n) is 4.41. The Morgan fingerprint density at radius 1 is 1.00 bits per heavy atom. The summed E-state index contributed by atoms with van der Waals surface area (Å²) in [6.45, 7) is 0.624. The minimum Gasteiger partial charge on any atom is -0.343 e. The standard InChI is InChI=1S/C19H14F2N2O2S/c20-15-5-4-12(8-16(15)21)9-22-7-6-14-13(2-1-3-17(14)22)10-23-18(24)11-26-19(23)25/h1-8H,9-11H2. The number of halogens is 2. The molecule has 0 unspecified atom stereocenters. The number of nitrogens with zero attached hydrogens (tertiary/aromatic N) is 2. The normalized spacial score (nSPS) is 14.6. The molecule has 0 aliphatic carbocycles. The second kappa shape index (κ2) is 6.57. The SMILES string of the molecule is O=C1CSC(=O)N1Cc1cccc2c1ccn2Cc1ccc(F)c(F)c1. The molecule has 0 bridgehead atoms. The molecule has 7 heteroatoms. The van der Waals surface area contributed by atoms with E-state index in [0.717, 1.165) is 34.3 Å². The van der Waals surface area contributed by atoms with Crippen LogP contribution in [0.25, 0.3) is 10.9 Å². The second-order valence-corrected chi connectivity index (χ2v) is 7.00. The third-order valence-corrected chi connectivity index (χ3v) is 5.27. The van der Waals surface area contributed by atoms with E-state index in [1.54, 1.807) is 6.07 Å². The maximum absolute atomic E-state index is 13.4. The van der Waals surface area contributed by atoms with E-state index in [4.69, 9.17) is 0 Å². The van der Waals surface area contributed by atoms with Gasteiger partial charge in [0.15, 0.2) is 11.6 Å². The van der Waals surface area contributed by atoms with Gasteiger partial charge in [-0.3, -0.25) is 14.5 Å². The van der Waals surface area contributed by atoms with Crippen LogP contribution in [0.3, 0.4) is 0 Å². The summed E-state index contributed by atoms with van der Waals surface area (Å²) in [5.41, 5.74) is 2.42. The number of hydrogen-bond acceptors (Lipinski definition) is 3. The van der Waals surface area contributed by atoms with Crippen LogP contribution < -0.4 is 0 Å². The monoisotopic (exact) mass is 372 g/mol. The lowest BCUT2D eigenvalue weighted by Crippen LogP contribution is -2.27. The van der Waals surface area contributed by atoms with E-state index in [2.05, 4.69) is 0 Å². The molecule has 2 amide bonds. The first-order chi connectivity index (χ1) is 12.5. The number of imide groups is 1. The minimum atomic E-state index is -0.872. The van der Waals surface area contributed by atoms with E-state index in [1.807, 2.05) is 35.0 Å². The van der Waals surface area contributed by atoms with Crippen molar-refractivity contribution < 1.29 is 18.4 Å². The Morgan fingerprint density at radius 2 is 1.85 bits per heavy atom. The molecule has 1 aliphatic heterocycles. The van der Waals surface area contributed by atoms with Gasteiger partial charge >= 0.3 is 0 Å². The van der Waals surface area contributed by atoms with Crippen LogP contribution in [-0.2, 0) is 17.9 Å². The maximum Gasteiger partial charge on any atom is 0.289 e. The molecule has 26 heavy (non-hydrogen) atoms. The fourth-order valence-corrected chi connectivity index (χ4v) is 3.83. The van der Waals surface area contributed by atoms with Crippen LogP contribution >= 0.6 is 11.8 Å². The van der Waals surface area contributed by atoms with Crippen molar-refractivity contribution >= 4 is 33.8 Å². The van der Waals surface area contributed by atoms with Gasteiger partial charge in [0, 0.05) is 23.6 Å². The van der Waals surface area contributed by atoms with Crippen LogP contribution in [0, 0.1) is 11.6 Å². The number of rotatable bonds is 4. The number of benzene rings is 2. The highest BCUT2D eigenvalue weighted by molar-refractivity contribution is 8.14. The zero-order valence-corrected chi connectivity index (χ0v) is 14.4. The number of carbonyl (C=O) groups is 2. The Bertz CT molecular complexity index is 1020. The number of fused-ring (bicyclic) bond motifs is 1. The van der Waals surface area contributed by atoms with Crippen LogP contribution in [-0.4, -0.2) is 26.4 Å². The van der Waals surface area contributed by atoms with E-state index in [9.17, 15) is 18.4 Å². The molecule has 1 fully saturated rings. The van der Waals surface area contributed by atoms with E-state index >= 15 is 0 Å². The Hall–Kier alpha value is -2.67. The summed E-state index contributed by atoms with van der Waals surface area (Å²) in [4.78, 5) is 24.9. The summed E-state index contributed by atoms with van der Waals surface area (Å²) >= 11 is 1.01. The Morgan fingerprint density at radius 3 is 2.58 bits per heavy atom. The van der Waals surface area contributed by atoms with Crippen LogP contribution in [0.15, 0.2) is 48.7 Å². The Kier molecular flexibility index (Phi) is 4.24. The molecule has 0 N–H and O–H groups in total. The molecule has 1 aliphatic rings. The lowest BCUT2D eigenvalue weighted by atomic mass is 10.1. The van der Waals surface area contributed by atoms with Crippen molar-refractivity contribution in [3.8, 4) is 0 Å². The fraction of sp³-hybridized carbons (Fsp3) is 0.158. The van der Waals surface area contributed by atoms with E-state index in [1.165, 1.54) is 11.0 Å². The maximum atomic E-state index is 13.4. The molecule has 0 radical (unpaired) electrons. The Balaban J connectivity index is 1.65. The molecule has 0 atom stereocenters. The summed E-state index contributed by atoms with van der Waals surface area (Å²) in [6, 6.07) is 11.4. The van der Waals surface area contributed by atoms with E-state index in [0.29, 0.717) is 12.1 Å². The lowest BCUT2D eigenvalue weighted by Gasteiger charge is -2.14. The minimum absolute atomic E-state index is 0.182. The molecule has 3 aromatic rings. The van der Waals surface area contributed by atoms with Crippen molar-refractivity contribution in [1.82, 2.24) is 9.47 Å². The zero-order chi connectivity index (χ0) is 18.3. The number of hydrogen-bond donors (Lipinski definition) is 0. The second-order valence-electron chi connectivity index (χ2n) is 6.08. The average molecular weight is 372 g/mol. The van der Waals surface area contributed by atoms with Crippen LogP contribution in [0.2, 0.25) is 0 Å². The highest BCUT2D eigenvalue weighted by Crippen LogP contribution is 2.26. The molecule has 4 rings (SSSR count). The molecule has 1 aromatic heterocycles. The molecule has 4 nitrogen and oxygen atoms in total. The zero-order valence-electron chi connectivity index (χ0n) is 13.6. The van der Waals surface area contributed by atoms with Crippen molar-refractivity contribution in [2.45, 2.75) is 13.1 Å². The van der Waals surface area contributed by atoms with Crippen molar-refractivity contribution in [3.63, 3.8) is 0 Å². The van der Waals surface area contributed by atoms with Gasteiger partial charge in [-0.1, -0.05) is 30.0 Å². The summed E-state index contributed by atoms with van der Waals surface area (Å²) < 4.78 is 28.5. The van der Waals surface area contributed by atoms with Crippen LogP contribution in [0.5, 0.6) is 0 Å². The highest BCUT2D eigenvalue weighted by atomic mass is 32.2. The number of amides is 2. The predicted molar refractivity (Wildman–Crippen MR) is 95.8 cm³/mol. The molecule has 0 saturated carbocycles. The van der Waals surface area contributed by atoms with Crippen molar-refractivity contribution in [2.24, 2.45) is 0 Å². The lowest BCUT2D eigenvalue weighted by molar-refractivity contribution is -0.124. The molecule has 1 saturated heterocycles. The number of thioether (sulfide) groups is 1. The molecular weight excluding hydrogens is 358 g/mol. The van der Waals surface area contributed by atoms with Gasteiger partial charge in [-0.2, -0.15) is 0 Å². The first kappa shape index (κ1) is 16.8. The quantitative estimate of drug-likeness (QED) is 0.691. The van der Waals surface area contributed by atoms with E-state index in [-0.39, 0.29) is 23.4 Å². The van der Waals surface area contributed by atoms with Gasteiger partial charge in [0.25, 0.3) is 5.24 Å². The largest absolute Gasteiger partial charge is 0.343 e. The third kappa shape index (κ3) is 2.99. The summed E-state index contributed by atoms with van der Waals surface area (Å²) in [5.74, 6) is -1.74. The van der Waals surface area contributed by atoms with Gasteiger partial charge in [-0.25, -0.2) is 8.78 Å². The van der Waals surface area contributed by atoms with Gasteiger partial charge in [0.2, 0.25) is 5.91 Å².